The molecule has 100 valence electrons. The van der Waals surface area contributed by atoms with Gasteiger partial charge in [-0.05, 0) is 32.4 Å². The fourth-order valence-electron chi connectivity index (χ4n) is 2.11. The Hall–Kier alpha value is -2.10. The van der Waals surface area contributed by atoms with Gasteiger partial charge in [0.2, 0.25) is 0 Å². The Balaban J connectivity index is 2.04. The monoisotopic (exact) mass is 257 g/mol. The van der Waals surface area contributed by atoms with Gasteiger partial charge in [0.05, 0.1) is 0 Å². The summed E-state index contributed by atoms with van der Waals surface area (Å²) >= 11 is 0. The molecule has 0 saturated carbocycles. The minimum atomic E-state index is 0.0107. The van der Waals surface area contributed by atoms with Gasteiger partial charge < -0.3 is 5.32 Å². The van der Waals surface area contributed by atoms with Crippen molar-refractivity contribution in [1.29, 1.82) is 0 Å². The maximum absolute atomic E-state index is 11.9. The lowest BCUT2D eigenvalue weighted by atomic mass is 10.2. The summed E-state index contributed by atoms with van der Waals surface area (Å²) < 4.78 is 1.69. The van der Waals surface area contributed by atoms with Crippen molar-refractivity contribution in [3.63, 3.8) is 0 Å². The van der Waals surface area contributed by atoms with Gasteiger partial charge in [0.25, 0.3) is 5.56 Å². The van der Waals surface area contributed by atoms with Gasteiger partial charge in [0.1, 0.15) is 5.82 Å². The molecule has 0 radical (unpaired) electrons. The van der Waals surface area contributed by atoms with E-state index in [0.717, 1.165) is 17.2 Å². The van der Waals surface area contributed by atoms with E-state index in [1.54, 1.807) is 10.6 Å². The van der Waals surface area contributed by atoms with Crippen LogP contribution in [0.4, 0.5) is 5.69 Å². The van der Waals surface area contributed by atoms with E-state index in [2.05, 4.69) is 23.3 Å². The highest BCUT2D eigenvalue weighted by atomic mass is 16.1. The molecule has 0 spiro atoms. The van der Waals surface area contributed by atoms with E-state index in [1.807, 2.05) is 32.0 Å². The van der Waals surface area contributed by atoms with Crippen LogP contribution in [0.3, 0.4) is 0 Å². The molecule has 0 saturated heterocycles. The van der Waals surface area contributed by atoms with Gasteiger partial charge in [-0.15, -0.1) is 0 Å². The van der Waals surface area contributed by atoms with Gasteiger partial charge in [0, 0.05) is 30.5 Å². The maximum atomic E-state index is 11.9. The largest absolute Gasteiger partial charge is 0.383 e. The average molecular weight is 257 g/mol. The second-order valence-corrected chi connectivity index (χ2v) is 4.68. The number of nitrogens with one attached hydrogen (secondary N) is 1. The molecule has 1 aromatic heterocycles. The number of aryl methyl sites for hydroxylation is 3. The first-order valence-corrected chi connectivity index (χ1v) is 6.42. The van der Waals surface area contributed by atoms with Gasteiger partial charge in [-0.2, -0.15) is 0 Å². The zero-order chi connectivity index (χ0) is 13.8. The number of para-hydroxylation sites is 1. The summed E-state index contributed by atoms with van der Waals surface area (Å²) in [6, 6.07) is 9.69. The average Bonchev–Trinajstić information content (AvgIpc) is 2.34. The van der Waals surface area contributed by atoms with Crippen LogP contribution in [0.1, 0.15) is 17.1 Å². The third-order valence-corrected chi connectivity index (χ3v) is 3.12. The summed E-state index contributed by atoms with van der Waals surface area (Å²) in [7, 11) is 0. The van der Waals surface area contributed by atoms with Crippen molar-refractivity contribution in [3.8, 4) is 0 Å². The van der Waals surface area contributed by atoms with Crippen molar-refractivity contribution in [2.75, 3.05) is 11.9 Å². The van der Waals surface area contributed by atoms with Crippen LogP contribution in [0, 0.1) is 20.8 Å². The molecule has 0 atom stereocenters. The van der Waals surface area contributed by atoms with E-state index in [-0.39, 0.29) is 5.56 Å². The summed E-state index contributed by atoms with van der Waals surface area (Å²) in [5.41, 5.74) is 3.09. The molecule has 1 N–H and O–H groups in total. The molecule has 1 aromatic carbocycles. The molecule has 0 aliphatic heterocycles. The van der Waals surface area contributed by atoms with E-state index in [9.17, 15) is 4.79 Å². The van der Waals surface area contributed by atoms with Crippen molar-refractivity contribution < 1.29 is 0 Å². The minimum absolute atomic E-state index is 0.0107. The Kier molecular flexibility index (Phi) is 4.00. The Morgan fingerprint density at radius 1 is 1.21 bits per heavy atom. The van der Waals surface area contributed by atoms with Gasteiger partial charge >= 0.3 is 0 Å². The van der Waals surface area contributed by atoms with Crippen LogP contribution in [-0.2, 0) is 6.54 Å². The maximum Gasteiger partial charge on any atom is 0.253 e. The summed E-state index contributed by atoms with van der Waals surface area (Å²) in [5, 5.41) is 3.34. The highest BCUT2D eigenvalue weighted by Gasteiger charge is 2.03. The van der Waals surface area contributed by atoms with Gasteiger partial charge in [-0.1, -0.05) is 18.2 Å². The summed E-state index contributed by atoms with van der Waals surface area (Å²) in [5.74, 6) is 0.761. The Bertz CT molecular complexity index is 632. The third kappa shape index (κ3) is 3.22. The molecule has 19 heavy (non-hydrogen) atoms. The van der Waals surface area contributed by atoms with Crippen molar-refractivity contribution in [3.05, 3.63) is 57.8 Å². The lowest BCUT2D eigenvalue weighted by Crippen LogP contribution is -2.26. The molecule has 0 fully saturated rings. The van der Waals surface area contributed by atoms with Crippen LogP contribution in [0.25, 0.3) is 0 Å². The Morgan fingerprint density at radius 3 is 2.63 bits per heavy atom. The minimum Gasteiger partial charge on any atom is -0.383 e. The molecule has 4 nitrogen and oxygen atoms in total. The number of anilines is 1. The van der Waals surface area contributed by atoms with E-state index in [0.29, 0.717) is 13.1 Å². The molecule has 0 aliphatic rings. The first-order valence-electron chi connectivity index (χ1n) is 6.42. The summed E-state index contributed by atoms with van der Waals surface area (Å²) in [4.78, 5) is 16.2. The third-order valence-electron chi connectivity index (χ3n) is 3.12. The number of benzene rings is 1. The Morgan fingerprint density at radius 2 is 1.95 bits per heavy atom. The molecule has 1 heterocycles. The van der Waals surface area contributed by atoms with E-state index in [1.165, 1.54) is 5.56 Å². The molecular formula is C15H19N3O. The standard InChI is InChI=1S/C15H19N3O/c1-11-6-4-5-7-14(11)16-8-9-18-13(3)17-12(2)10-15(18)19/h4-7,10,16H,8-9H2,1-3H3. The van der Waals surface area contributed by atoms with E-state index < -0.39 is 0 Å². The Labute approximate surface area is 113 Å². The van der Waals surface area contributed by atoms with Crippen LogP contribution in [0.15, 0.2) is 35.1 Å². The second kappa shape index (κ2) is 5.69. The molecule has 2 aromatic rings. The van der Waals surface area contributed by atoms with Crippen LogP contribution in [-0.4, -0.2) is 16.1 Å². The topological polar surface area (TPSA) is 46.9 Å². The number of aromatic nitrogens is 2. The molecule has 0 bridgehead atoms. The quantitative estimate of drug-likeness (QED) is 0.914. The number of hydrogen-bond acceptors (Lipinski definition) is 3. The summed E-state index contributed by atoms with van der Waals surface area (Å²) in [6.07, 6.45) is 0. The van der Waals surface area contributed by atoms with Crippen LogP contribution >= 0.6 is 0 Å². The van der Waals surface area contributed by atoms with Crippen molar-refractivity contribution >= 4 is 5.69 Å². The zero-order valence-electron chi connectivity index (χ0n) is 11.6. The lowest BCUT2D eigenvalue weighted by molar-refractivity contribution is 0.648. The lowest BCUT2D eigenvalue weighted by Gasteiger charge is -2.12. The molecular weight excluding hydrogens is 238 g/mol. The number of rotatable bonds is 4. The van der Waals surface area contributed by atoms with Crippen LogP contribution in [0.2, 0.25) is 0 Å². The second-order valence-electron chi connectivity index (χ2n) is 4.68. The van der Waals surface area contributed by atoms with Crippen molar-refractivity contribution in [1.82, 2.24) is 9.55 Å². The SMILES string of the molecule is Cc1cc(=O)n(CCNc2ccccc2C)c(C)n1. The van der Waals surface area contributed by atoms with Crippen molar-refractivity contribution in [2.24, 2.45) is 0 Å². The zero-order valence-corrected chi connectivity index (χ0v) is 11.6. The fraction of sp³-hybridized carbons (Fsp3) is 0.333. The van der Waals surface area contributed by atoms with Crippen LogP contribution in [0.5, 0.6) is 0 Å². The van der Waals surface area contributed by atoms with E-state index in [4.69, 9.17) is 0 Å². The predicted molar refractivity (Wildman–Crippen MR) is 77.6 cm³/mol. The van der Waals surface area contributed by atoms with Gasteiger partial charge in [-0.3, -0.25) is 9.36 Å². The fourth-order valence-corrected chi connectivity index (χ4v) is 2.11. The molecule has 2 rings (SSSR count). The normalized spacial score (nSPS) is 10.5. The molecule has 4 heteroatoms. The highest BCUT2D eigenvalue weighted by Crippen LogP contribution is 2.12. The highest BCUT2D eigenvalue weighted by molar-refractivity contribution is 5.50. The van der Waals surface area contributed by atoms with Gasteiger partial charge in [0.15, 0.2) is 0 Å². The smallest absolute Gasteiger partial charge is 0.253 e. The first kappa shape index (κ1) is 13.3. The number of nitrogens with zero attached hydrogens (tertiary/aromatic N) is 2. The molecule has 0 amide bonds. The number of hydrogen-bond donors (Lipinski definition) is 1. The van der Waals surface area contributed by atoms with Crippen molar-refractivity contribution in [2.45, 2.75) is 27.3 Å². The van der Waals surface area contributed by atoms with E-state index >= 15 is 0 Å². The summed E-state index contributed by atoms with van der Waals surface area (Å²) in [6.45, 7) is 7.09. The van der Waals surface area contributed by atoms with Crippen LogP contribution < -0.4 is 10.9 Å². The van der Waals surface area contributed by atoms with Gasteiger partial charge in [-0.25, -0.2) is 4.98 Å². The molecule has 0 unspecified atom stereocenters. The molecule has 0 aliphatic carbocycles. The first-order chi connectivity index (χ1) is 9.08. The predicted octanol–water partition coefficient (Wildman–Crippen LogP) is 2.28.